The van der Waals surface area contributed by atoms with Crippen LogP contribution in [0.1, 0.15) is 43.6 Å². The number of aryl methyl sites for hydroxylation is 2. The number of hydrogen-bond donors (Lipinski definition) is 1. The Labute approximate surface area is 117 Å². The van der Waals surface area contributed by atoms with E-state index in [0.29, 0.717) is 12.1 Å². The van der Waals surface area contributed by atoms with Crippen LogP contribution in [0.4, 0.5) is 0 Å². The fraction of sp³-hybridized carbons (Fsp3) is 0.800. The van der Waals surface area contributed by atoms with Crippen LogP contribution in [-0.4, -0.2) is 39.9 Å². The van der Waals surface area contributed by atoms with Gasteiger partial charge in [-0.25, -0.2) is 0 Å². The lowest BCUT2D eigenvalue weighted by Gasteiger charge is -2.35. The third-order valence-corrected chi connectivity index (χ3v) is 4.49. The second-order valence-electron chi connectivity index (χ2n) is 6.06. The minimum Gasteiger partial charge on any atom is -0.310 e. The first-order chi connectivity index (χ1) is 8.99. The van der Waals surface area contributed by atoms with Gasteiger partial charge in [-0.3, -0.25) is 4.68 Å². The molecule has 4 nitrogen and oxygen atoms in total. The lowest BCUT2D eigenvalue weighted by molar-refractivity contribution is 0.161. The molecule has 1 aliphatic rings. The van der Waals surface area contributed by atoms with Gasteiger partial charge in [0.25, 0.3) is 0 Å². The third-order valence-electron chi connectivity index (χ3n) is 4.49. The van der Waals surface area contributed by atoms with E-state index in [4.69, 9.17) is 0 Å². The molecule has 1 N–H and O–H groups in total. The highest BCUT2D eigenvalue weighted by molar-refractivity contribution is 5.24. The van der Waals surface area contributed by atoms with Crippen molar-refractivity contribution in [2.75, 3.05) is 13.1 Å². The molecule has 2 heterocycles. The van der Waals surface area contributed by atoms with E-state index in [2.05, 4.69) is 43.0 Å². The Morgan fingerprint density at radius 2 is 1.89 bits per heavy atom. The van der Waals surface area contributed by atoms with Crippen molar-refractivity contribution < 1.29 is 0 Å². The SMILES string of the molecule is Cc1nn(C)c(C)c1CNC1CCN(C(C)C)CC1. The molecule has 0 atom stereocenters. The molecule has 1 aromatic rings. The number of rotatable bonds is 4. The zero-order valence-electron chi connectivity index (χ0n) is 13.0. The molecule has 19 heavy (non-hydrogen) atoms. The van der Waals surface area contributed by atoms with E-state index in [0.717, 1.165) is 12.2 Å². The maximum Gasteiger partial charge on any atom is 0.0641 e. The van der Waals surface area contributed by atoms with Crippen molar-refractivity contribution >= 4 is 0 Å². The largest absolute Gasteiger partial charge is 0.310 e. The number of aromatic nitrogens is 2. The van der Waals surface area contributed by atoms with Gasteiger partial charge in [-0.1, -0.05) is 0 Å². The summed E-state index contributed by atoms with van der Waals surface area (Å²) in [5.74, 6) is 0. The monoisotopic (exact) mass is 264 g/mol. The average Bonchev–Trinajstić information content (AvgIpc) is 2.62. The van der Waals surface area contributed by atoms with E-state index in [9.17, 15) is 0 Å². The maximum absolute atomic E-state index is 4.48. The summed E-state index contributed by atoms with van der Waals surface area (Å²) in [7, 11) is 2.02. The second kappa shape index (κ2) is 6.06. The van der Waals surface area contributed by atoms with Crippen LogP contribution in [-0.2, 0) is 13.6 Å². The van der Waals surface area contributed by atoms with E-state index in [1.165, 1.54) is 37.2 Å². The maximum atomic E-state index is 4.48. The molecule has 108 valence electrons. The van der Waals surface area contributed by atoms with Gasteiger partial charge in [0.05, 0.1) is 5.69 Å². The van der Waals surface area contributed by atoms with Crippen LogP contribution >= 0.6 is 0 Å². The van der Waals surface area contributed by atoms with Crippen molar-refractivity contribution in [1.29, 1.82) is 0 Å². The Balaban J connectivity index is 1.84. The van der Waals surface area contributed by atoms with Crippen LogP contribution in [0.15, 0.2) is 0 Å². The quantitative estimate of drug-likeness (QED) is 0.903. The summed E-state index contributed by atoms with van der Waals surface area (Å²) in [4.78, 5) is 2.57. The first kappa shape index (κ1) is 14.5. The number of hydrogen-bond acceptors (Lipinski definition) is 3. The molecule has 1 aliphatic heterocycles. The Bertz CT molecular complexity index is 414. The summed E-state index contributed by atoms with van der Waals surface area (Å²) in [6, 6.07) is 1.35. The lowest BCUT2D eigenvalue weighted by atomic mass is 10.0. The van der Waals surface area contributed by atoms with Crippen molar-refractivity contribution in [1.82, 2.24) is 20.0 Å². The van der Waals surface area contributed by atoms with Crippen LogP contribution in [0.25, 0.3) is 0 Å². The van der Waals surface area contributed by atoms with Gasteiger partial charge in [0.1, 0.15) is 0 Å². The van der Waals surface area contributed by atoms with E-state index >= 15 is 0 Å². The van der Waals surface area contributed by atoms with Crippen molar-refractivity contribution in [3.8, 4) is 0 Å². The highest BCUT2D eigenvalue weighted by atomic mass is 15.3. The molecule has 0 aromatic carbocycles. The minimum atomic E-state index is 0.661. The molecule has 0 unspecified atom stereocenters. The zero-order valence-corrected chi connectivity index (χ0v) is 13.0. The van der Waals surface area contributed by atoms with Gasteiger partial charge in [-0.15, -0.1) is 0 Å². The molecule has 0 bridgehead atoms. The van der Waals surface area contributed by atoms with Crippen LogP contribution in [0.2, 0.25) is 0 Å². The highest BCUT2D eigenvalue weighted by Gasteiger charge is 2.21. The van der Waals surface area contributed by atoms with Crippen LogP contribution in [0.3, 0.4) is 0 Å². The van der Waals surface area contributed by atoms with Gasteiger partial charge in [-0.2, -0.15) is 5.10 Å². The topological polar surface area (TPSA) is 33.1 Å². The molecule has 0 radical (unpaired) electrons. The Kier molecular flexibility index (Phi) is 4.63. The summed E-state index contributed by atoms with van der Waals surface area (Å²) in [6.45, 7) is 12.2. The van der Waals surface area contributed by atoms with Crippen molar-refractivity contribution in [2.45, 2.75) is 59.2 Å². The number of nitrogens with one attached hydrogen (secondary N) is 1. The molecule has 0 saturated carbocycles. The summed E-state index contributed by atoms with van der Waals surface area (Å²) in [6.07, 6.45) is 2.52. The van der Waals surface area contributed by atoms with Crippen LogP contribution in [0.5, 0.6) is 0 Å². The molecular formula is C15H28N4. The molecule has 0 aliphatic carbocycles. The normalized spacial score (nSPS) is 18.4. The molecule has 0 amide bonds. The first-order valence-electron chi connectivity index (χ1n) is 7.45. The van der Waals surface area contributed by atoms with Gasteiger partial charge in [0.15, 0.2) is 0 Å². The van der Waals surface area contributed by atoms with Crippen molar-refractivity contribution in [2.24, 2.45) is 7.05 Å². The average molecular weight is 264 g/mol. The van der Waals surface area contributed by atoms with Gasteiger partial charge in [-0.05, 0) is 53.6 Å². The van der Waals surface area contributed by atoms with E-state index in [1.807, 2.05) is 11.7 Å². The first-order valence-corrected chi connectivity index (χ1v) is 7.45. The molecule has 1 fully saturated rings. The van der Waals surface area contributed by atoms with E-state index in [1.54, 1.807) is 0 Å². The number of likely N-dealkylation sites (tertiary alicyclic amines) is 1. The van der Waals surface area contributed by atoms with Crippen LogP contribution in [0, 0.1) is 13.8 Å². The predicted octanol–water partition coefficient (Wildman–Crippen LogP) is 2.00. The molecular weight excluding hydrogens is 236 g/mol. The Morgan fingerprint density at radius 1 is 1.26 bits per heavy atom. The van der Waals surface area contributed by atoms with E-state index < -0.39 is 0 Å². The Morgan fingerprint density at radius 3 is 2.37 bits per heavy atom. The number of nitrogens with zero attached hydrogens (tertiary/aromatic N) is 3. The van der Waals surface area contributed by atoms with Gasteiger partial charge >= 0.3 is 0 Å². The summed E-state index contributed by atoms with van der Waals surface area (Å²) >= 11 is 0. The second-order valence-corrected chi connectivity index (χ2v) is 6.06. The third kappa shape index (κ3) is 3.37. The summed E-state index contributed by atoms with van der Waals surface area (Å²) in [5, 5.41) is 8.19. The molecule has 2 rings (SSSR count). The number of piperidine rings is 1. The zero-order chi connectivity index (χ0) is 14.0. The summed E-state index contributed by atoms with van der Waals surface area (Å²) < 4.78 is 1.98. The highest BCUT2D eigenvalue weighted by Crippen LogP contribution is 2.16. The van der Waals surface area contributed by atoms with Crippen molar-refractivity contribution in [3.63, 3.8) is 0 Å². The standard InChI is InChI=1S/C15H28N4/c1-11(2)19-8-6-14(7-9-19)16-10-15-12(3)17-18(5)13(15)4/h11,14,16H,6-10H2,1-5H3. The molecule has 0 spiro atoms. The minimum absolute atomic E-state index is 0.661. The molecule has 1 saturated heterocycles. The Hall–Kier alpha value is -0.870. The van der Waals surface area contributed by atoms with E-state index in [-0.39, 0.29) is 0 Å². The van der Waals surface area contributed by atoms with Gasteiger partial charge in [0, 0.05) is 36.9 Å². The fourth-order valence-electron chi connectivity index (χ4n) is 2.94. The van der Waals surface area contributed by atoms with Gasteiger partial charge < -0.3 is 10.2 Å². The van der Waals surface area contributed by atoms with Crippen LogP contribution < -0.4 is 5.32 Å². The smallest absolute Gasteiger partial charge is 0.0641 e. The lowest BCUT2D eigenvalue weighted by Crippen LogP contribution is -2.44. The van der Waals surface area contributed by atoms with Crippen molar-refractivity contribution in [3.05, 3.63) is 17.0 Å². The predicted molar refractivity (Wildman–Crippen MR) is 79.3 cm³/mol. The summed E-state index contributed by atoms with van der Waals surface area (Å²) in [5.41, 5.74) is 3.81. The fourth-order valence-corrected chi connectivity index (χ4v) is 2.94. The molecule has 1 aromatic heterocycles. The van der Waals surface area contributed by atoms with Gasteiger partial charge in [0.2, 0.25) is 0 Å². The molecule has 4 heteroatoms.